The number of ketones is 1. The number of methoxy groups -OCH3 is 1. The minimum atomic E-state index is -4.22. The summed E-state index contributed by atoms with van der Waals surface area (Å²) in [6.45, 7) is 1.29. The van der Waals surface area contributed by atoms with Crippen molar-refractivity contribution < 1.29 is 32.6 Å². The number of ether oxygens (including phenoxy) is 1. The topological polar surface area (TPSA) is 156 Å². The molecule has 11 heteroatoms. The molecule has 1 amide bonds. The number of nitrogens with two attached hydrogens (primary N) is 1. The minimum Gasteiger partial charge on any atom is -0.497 e. The van der Waals surface area contributed by atoms with Crippen LogP contribution in [0.1, 0.15) is 18.1 Å². The second-order valence-electron chi connectivity index (χ2n) is 7.38. The molecule has 2 atom stereocenters. The summed E-state index contributed by atoms with van der Waals surface area (Å²) in [5, 5.41) is 11.9. The Balaban J connectivity index is 2.02. The number of anilines is 1. The third-order valence-electron chi connectivity index (χ3n) is 5.15. The van der Waals surface area contributed by atoms with E-state index >= 15 is 0 Å². The predicted octanol–water partition coefficient (Wildman–Crippen LogP) is 0.750. The number of rotatable bonds is 7. The molecule has 0 aliphatic carbocycles. The van der Waals surface area contributed by atoms with E-state index in [1.807, 2.05) is 0 Å². The lowest BCUT2D eigenvalue weighted by Crippen LogP contribution is -2.50. The van der Waals surface area contributed by atoms with Crippen molar-refractivity contribution in [2.24, 2.45) is 5.73 Å². The fourth-order valence-corrected chi connectivity index (χ4v) is 4.96. The highest BCUT2D eigenvalue weighted by Gasteiger charge is 2.42. The third-order valence-corrected chi connectivity index (χ3v) is 7.02. The minimum absolute atomic E-state index is 0.105. The van der Waals surface area contributed by atoms with Crippen LogP contribution in [0.15, 0.2) is 47.4 Å². The highest BCUT2D eigenvalue weighted by molar-refractivity contribution is 7.89. The van der Waals surface area contributed by atoms with Crippen molar-refractivity contribution in [3.8, 4) is 5.75 Å². The van der Waals surface area contributed by atoms with E-state index in [4.69, 9.17) is 10.5 Å². The van der Waals surface area contributed by atoms with Crippen LogP contribution in [-0.4, -0.2) is 54.7 Å². The van der Waals surface area contributed by atoms with Crippen molar-refractivity contribution >= 4 is 33.4 Å². The maximum Gasteiger partial charge on any atom is 0.373 e. The molecular weight excluding hydrogens is 438 g/mol. The number of Topliss-reactive ketones (excluding diaryl/α,β-unsaturated/α-hetero) is 1. The second-order valence-corrected chi connectivity index (χ2v) is 9.27. The number of amides is 1. The van der Waals surface area contributed by atoms with E-state index in [0.29, 0.717) is 22.6 Å². The van der Waals surface area contributed by atoms with Gasteiger partial charge in [-0.25, -0.2) is 13.2 Å². The number of carboxylic acids is 1. The molecule has 0 saturated heterocycles. The van der Waals surface area contributed by atoms with Crippen LogP contribution in [0.3, 0.4) is 0 Å². The highest BCUT2D eigenvalue weighted by Crippen LogP contribution is 2.31. The molecule has 32 heavy (non-hydrogen) atoms. The number of nitrogens with one attached hydrogen (secondary N) is 1. The first-order chi connectivity index (χ1) is 15.0. The summed E-state index contributed by atoms with van der Waals surface area (Å²) in [4.78, 5) is 35.6. The summed E-state index contributed by atoms with van der Waals surface area (Å²) in [6, 6.07) is 8.23. The number of benzene rings is 2. The molecule has 4 N–H and O–H groups in total. The molecule has 0 fully saturated rings. The molecule has 0 saturated carbocycles. The summed E-state index contributed by atoms with van der Waals surface area (Å²) >= 11 is 0. The molecular formula is C21H23N3O7S. The number of carbonyl (C=O) groups is 3. The zero-order valence-corrected chi connectivity index (χ0v) is 18.3. The zero-order chi connectivity index (χ0) is 23.6. The molecule has 1 aliphatic heterocycles. The zero-order valence-electron chi connectivity index (χ0n) is 17.4. The van der Waals surface area contributed by atoms with Gasteiger partial charge in [0.15, 0.2) is 0 Å². The van der Waals surface area contributed by atoms with Gasteiger partial charge < -0.3 is 20.9 Å². The molecule has 2 aromatic carbocycles. The Morgan fingerprint density at radius 1 is 1.16 bits per heavy atom. The Labute approximate surface area is 185 Å². The van der Waals surface area contributed by atoms with Gasteiger partial charge in [-0.2, -0.15) is 4.31 Å². The van der Waals surface area contributed by atoms with E-state index < -0.39 is 39.8 Å². The van der Waals surface area contributed by atoms with Crippen molar-refractivity contribution in [3.63, 3.8) is 0 Å². The van der Waals surface area contributed by atoms with Crippen molar-refractivity contribution in [3.05, 3.63) is 53.6 Å². The van der Waals surface area contributed by atoms with Gasteiger partial charge in [0.1, 0.15) is 5.75 Å². The second kappa shape index (κ2) is 9.07. The van der Waals surface area contributed by atoms with Gasteiger partial charge in [-0.15, -0.1) is 0 Å². The largest absolute Gasteiger partial charge is 0.497 e. The predicted molar refractivity (Wildman–Crippen MR) is 115 cm³/mol. The van der Waals surface area contributed by atoms with Crippen LogP contribution in [-0.2, 0) is 37.4 Å². The maximum absolute atomic E-state index is 13.3. The van der Waals surface area contributed by atoms with Crippen LogP contribution >= 0.6 is 0 Å². The monoisotopic (exact) mass is 461 g/mol. The molecule has 2 aromatic rings. The van der Waals surface area contributed by atoms with Crippen LogP contribution in [0, 0.1) is 0 Å². The van der Waals surface area contributed by atoms with Crippen LogP contribution in [0.4, 0.5) is 5.69 Å². The fourth-order valence-electron chi connectivity index (χ4n) is 3.40. The summed E-state index contributed by atoms with van der Waals surface area (Å²) in [7, 11) is -2.78. The molecule has 0 bridgehead atoms. The molecule has 0 spiro atoms. The lowest BCUT2D eigenvalue weighted by atomic mass is 9.93. The van der Waals surface area contributed by atoms with Gasteiger partial charge in [0, 0.05) is 12.2 Å². The fraction of sp³-hybridized carbons (Fsp3) is 0.286. The normalized spacial score (nSPS) is 17.2. The van der Waals surface area contributed by atoms with Gasteiger partial charge in [-0.05, 0) is 60.9 Å². The molecule has 0 radical (unpaired) electrons. The Kier molecular flexibility index (Phi) is 6.63. The Hall–Kier alpha value is -3.28. The van der Waals surface area contributed by atoms with E-state index in [9.17, 15) is 27.9 Å². The van der Waals surface area contributed by atoms with E-state index in [-0.39, 0.29) is 17.9 Å². The Bertz CT molecular complexity index is 1160. The van der Waals surface area contributed by atoms with Gasteiger partial charge in [0.2, 0.25) is 15.9 Å². The third kappa shape index (κ3) is 4.64. The molecule has 3 rings (SSSR count). The smallest absolute Gasteiger partial charge is 0.373 e. The summed E-state index contributed by atoms with van der Waals surface area (Å²) < 4.78 is 32.6. The maximum atomic E-state index is 13.3. The molecule has 170 valence electrons. The standard InChI is InChI=1S/C21H23N3O7S/c1-12(22)20(26)23-15-4-3-13-10-18(19(25)21(27)28)24(11-14(13)9-15)32(29,30)17-7-5-16(31-2)6-8-17/h3-9,12,18H,10-11,22H2,1-2H3,(H,23,26)(H,27,28)/t12-,18?/m0/s1. The lowest BCUT2D eigenvalue weighted by Gasteiger charge is -2.34. The number of aliphatic carboxylic acids is 1. The quantitative estimate of drug-likeness (QED) is 0.510. The van der Waals surface area contributed by atoms with Gasteiger partial charge in [-0.3, -0.25) is 9.59 Å². The van der Waals surface area contributed by atoms with Gasteiger partial charge in [-0.1, -0.05) is 6.07 Å². The first-order valence-electron chi connectivity index (χ1n) is 9.66. The van der Waals surface area contributed by atoms with E-state index in [1.54, 1.807) is 18.2 Å². The Morgan fingerprint density at radius 3 is 2.38 bits per heavy atom. The SMILES string of the molecule is COc1ccc(S(=O)(=O)N2Cc3cc(NC(=O)[C@H](C)N)ccc3CC2C(=O)C(=O)O)cc1. The van der Waals surface area contributed by atoms with Crippen molar-refractivity contribution in [2.75, 3.05) is 12.4 Å². The van der Waals surface area contributed by atoms with Crippen LogP contribution < -0.4 is 15.8 Å². The summed E-state index contributed by atoms with van der Waals surface area (Å²) in [6.07, 6.45) is -0.114. The van der Waals surface area contributed by atoms with Gasteiger partial charge in [0.05, 0.1) is 24.1 Å². The van der Waals surface area contributed by atoms with Crippen molar-refractivity contribution in [1.82, 2.24) is 4.31 Å². The van der Waals surface area contributed by atoms with Gasteiger partial charge in [0.25, 0.3) is 5.78 Å². The summed E-state index contributed by atoms with van der Waals surface area (Å²) in [5.74, 6) is -2.90. The number of hydrogen-bond donors (Lipinski definition) is 3. The Morgan fingerprint density at radius 2 is 1.81 bits per heavy atom. The number of nitrogens with zero attached hydrogens (tertiary/aromatic N) is 1. The highest BCUT2D eigenvalue weighted by atomic mass is 32.2. The summed E-state index contributed by atoms with van der Waals surface area (Å²) in [5.41, 5.74) is 7.13. The van der Waals surface area contributed by atoms with Crippen LogP contribution in [0.5, 0.6) is 5.75 Å². The molecule has 1 unspecified atom stereocenters. The molecule has 1 aliphatic rings. The molecule has 1 heterocycles. The van der Waals surface area contributed by atoms with Crippen LogP contribution in [0.2, 0.25) is 0 Å². The van der Waals surface area contributed by atoms with Crippen molar-refractivity contribution in [2.45, 2.75) is 36.9 Å². The van der Waals surface area contributed by atoms with E-state index in [2.05, 4.69) is 5.32 Å². The average Bonchev–Trinajstić information content (AvgIpc) is 2.77. The van der Waals surface area contributed by atoms with Gasteiger partial charge >= 0.3 is 5.97 Å². The van der Waals surface area contributed by atoms with E-state index in [0.717, 1.165) is 4.31 Å². The molecule has 0 aromatic heterocycles. The number of hydrogen-bond acceptors (Lipinski definition) is 7. The number of carboxylic acid groups (broad SMARTS) is 1. The number of fused-ring (bicyclic) bond motifs is 1. The van der Waals surface area contributed by atoms with E-state index in [1.165, 1.54) is 38.3 Å². The first kappa shape index (κ1) is 23.4. The van der Waals surface area contributed by atoms with Crippen LogP contribution in [0.25, 0.3) is 0 Å². The number of sulfonamides is 1. The van der Waals surface area contributed by atoms with Crippen molar-refractivity contribution in [1.29, 1.82) is 0 Å². The average molecular weight is 461 g/mol. The number of carbonyl (C=O) groups excluding carboxylic acids is 2. The first-order valence-corrected chi connectivity index (χ1v) is 11.1. The molecule has 10 nitrogen and oxygen atoms in total. The lowest BCUT2D eigenvalue weighted by molar-refractivity contribution is -0.151.